The van der Waals surface area contributed by atoms with Gasteiger partial charge in [-0.05, 0) is 0 Å². The number of pyridine rings is 2. The number of aromatic nitrogens is 2. The Morgan fingerprint density at radius 1 is 0.696 bits per heavy atom. The van der Waals surface area contributed by atoms with Crippen molar-refractivity contribution in [2.75, 3.05) is 0 Å². The monoisotopic (exact) mass is 536 g/mol. The van der Waals surface area contributed by atoms with Crippen molar-refractivity contribution < 1.29 is 20.9 Å². The van der Waals surface area contributed by atoms with Gasteiger partial charge in [-0.2, -0.15) is 36.4 Å². The van der Waals surface area contributed by atoms with Crippen molar-refractivity contribution in [2.45, 2.75) is 0 Å². The summed E-state index contributed by atoms with van der Waals surface area (Å²) in [6, 6.07) is 21.0. The predicted octanol–water partition coefficient (Wildman–Crippen LogP) is 5.08. The molecule has 3 rings (SSSR count). The molecule has 0 saturated heterocycles. The van der Waals surface area contributed by atoms with Crippen LogP contribution in [0.25, 0.3) is 0 Å². The molecule has 3 nitrogen and oxygen atoms in total. The maximum atomic E-state index is 4.08. The molecule has 0 N–H and O–H groups in total. The third-order valence-corrected chi connectivity index (χ3v) is 2.74. The van der Waals surface area contributed by atoms with Gasteiger partial charge in [0.1, 0.15) is 0 Å². The third kappa shape index (κ3) is 17.1. The molecule has 2 aromatic heterocycles. The average molecular weight is 538 g/mol. The molecule has 0 fully saturated rings. The zero-order chi connectivity index (χ0) is 14.3. The fourth-order valence-electron chi connectivity index (χ4n) is 1.05. The van der Waals surface area contributed by atoms with E-state index in [4.69, 9.17) is 0 Å². The number of halogens is 3. The van der Waals surface area contributed by atoms with Crippen LogP contribution in [0.1, 0.15) is 0 Å². The van der Waals surface area contributed by atoms with Gasteiger partial charge in [-0.25, -0.2) is 0 Å². The summed E-state index contributed by atoms with van der Waals surface area (Å²) in [4.78, 5) is 7.32. The molecule has 0 amide bonds. The second kappa shape index (κ2) is 20.9. The van der Waals surface area contributed by atoms with Crippen molar-refractivity contribution in [2.24, 2.45) is 3.34 Å². The molecule has 0 unspecified atom stereocenters. The minimum Gasteiger partial charge on any atom is -0.394 e. The van der Waals surface area contributed by atoms with Crippen LogP contribution in [0.4, 0.5) is 5.69 Å². The number of hydrogen-bond donors (Lipinski definition) is 0. The summed E-state index contributed by atoms with van der Waals surface area (Å²) in [7, 11) is 0. The molecule has 0 aliphatic heterocycles. The van der Waals surface area contributed by atoms with E-state index in [1.807, 2.05) is 54.6 Å². The van der Waals surface area contributed by atoms with Crippen LogP contribution < -0.4 is 0 Å². The Labute approximate surface area is 168 Å². The van der Waals surface area contributed by atoms with Gasteiger partial charge in [0, 0.05) is 0 Å². The number of nitrogens with zero attached hydrogens (tertiary/aromatic N) is 3. The molecule has 2 heterocycles. The van der Waals surface area contributed by atoms with Crippen LogP contribution in [-0.4, -0.2) is 9.97 Å². The fraction of sp³-hybridized carbons (Fsp3) is 0. The first-order valence-corrected chi connectivity index (χ1v) is 7.31. The molecule has 0 aliphatic carbocycles. The topological polar surface area (TPSA) is 38.1 Å². The second-order valence-corrected chi connectivity index (χ2v) is 4.07. The average Bonchev–Trinajstić information content (AvgIpc) is 2.60. The van der Waals surface area contributed by atoms with Crippen molar-refractivity contribution in [3.05, 3.63) is 91.5 Å². The van der Waals surface area contributed by atoms with Crippen LogP contribution in [0.15, 0.2) is 82.5 Å². The molecule has 3 aromatic rings. The van der Waals surface area contributed by atoms with E-state index >= 15 is 0 Å². The minimum absolute atomic E-state index is 0. The first kappa shape index (κ1) is 26.8. The van der Waals surface area contributed by atoms with Gasteiger partial charge in [0.15, 0.2) is 0 Å². The Bertz CT molecular complexity index is 473. The molecule has 0 bridgehead atoms. The van der Waals surface area contributed by atoms with Gasteiger partial charge in [-0.1, -0.05) is 24.8 Å². The van der Waals surface area contributed by atoms with Crippen LogP contribution >= 0.6 is 37.2 Å². The van der Waals surface area contributed by atoms with Crippen LogP contribution in [0.5, 0.6) is 0 Å². The quantitative estimate of drug-likeness (QED) is 0.407. The zero-order valence-electron chi connectivity index (χ0n) is 12.0. The van der Waals surface area contributed by atoms with Gasteiger partial charge in [-0.15, -0.1) is 37.2 Å². The van der Waals surface area contributed by atoms with E-state index < -0.39 is 0 Å². The SMILES string of the molecule is Cl.Cl.Cl.[Ta]=[N]c1ccccc1.[c-]1ccccn1.[c-]1ccccn1. The Morgan fingerprint density at radius 2 is 1.17 bits per heavy atom. The Balaban J connectivity index is -0.000000248. The molecule has 7 heteroatoms. The largest absolute Gasteiger partial charge is 0.394 e. The van der Waals surface area contributed by atoms with E-state index in [0.717, 1.165) is 26.6 Å². The Kier molecular flexibility index (Phi) is 24.4. The third-order valence-electron chi connectivity index (χ3n) is 1.91. The van der Waals surface area contributed by atoms with Gasteiger partial charge >= 0.3 is 60.2 Å². The van der Waals surface area contributed by atoms with E-state index in [1.165, 1.54) is 0 Å². The summed E-state index contributed by atoms with van der Waals surface area (Å²) < 4.78 is 4.08. The first-order chi connectivity index (χ1) is 9.93. The van der Waals surface area contributed by atoms with Crippen molar-refractivity contribution in [3.63, 3.8) is 0 Å². The maximum Gasteiger partial charge on any atom is -0.0813 e. The van der Waals surface area contributed by atoms with Crippen molar-refractivity contribution >= 4 is 42.9 Å². The Morgan fingerprint density at radius 3 is 1.35 bits per heavy atom. The summed E-state index contributed by atoms with van der Waals surface area (Å²) in [5.41, 5.74) is 1.08. The molecule has 0 spiro atoms. The van der Waals surface area contributed by atoms with Gasteiger partial charge in [0.05, 0.1) is 0 Å². The number of hydrogen-bond acceptors (Lipinski definition) is 3. The Hall–Kier alpha value is -1.07. The van der Waals surface area contributed by atoms with Crippen LogP contribution in [-0.2, 0) is 20.9 Å². The number of benzene rings is 1. The molecule has 123 valence electrons. The smallest absolute Gasteiger partial charge is 0.0813 e. The summed E-state index contributed by atoms with van der Waals surface area (Å²) in [5, 5.41) is 0. The van der Waals surface area contributed by atoms with Gasteiger partial charge in [0.2, 0.25) is 0 Å². The second-order valence-electron chi connectivity index (χ2n) is 3.35. The van der Waals surface area contributed by atoms with Gasteiger partial charge in [0.25, 0.3) is 0 Å². The summed E-state index contributed by atoms with van der Waals surface area (Å²) in [6.45, 7) is 0. The van der Waals surface area contributed by atoms with Crippen LogP contribution in [0.3, 0.4) is 0 Å². The van der Waals surface area contributed by atoms with Gasteiger partial charge < -0.3 is 9.97 Å². The van der Waals surface area contributed by atoms with Crippen molar-refractivity contribution in [1.82, 2.24) is 9.97 Å². The molecular formula is C16H16Cl3N3Ta-2. The van der Waals surface area contributed by atoms with Gasteiger partial charge in [-0.3, -0.25) is 0 Å². The molecule has 1 aromatic carbocycles. The zero-order valence-corrected chi connectivity index (χ0v) is 17.7. The van der Waals surface area contributed by atoms with Crippen molar-refractivity contribution in [3.8, 4) is 0 Å². The summed E-state index contributed by atoms with van der Waals surface area (Å²) in [6.07, 6.45) is 8.67. The van der Waals surface area contributed by atoms with E-state index in [9.17, 15) is 0 Å². The minimum atomic E-state index is 0. The van der Waals surface area contributed by atoms with E-state index in [2.05, 4.69) is 25.7 Å². The van der Waals surface area contributed by atoms with E-state index in [1.54, 1.807) is 24.5 Å². The molecule has 23 heavy (non-hydrogen) atoms. The standard InChI is InChI=1S/C6H5N.2C5H4N.3ClH.Ta/c7-6-4-2-1-3-5-6;2*1-2-4-6-5-3-1;;;;/h1-5H;2*1-4H;3*1H;/q;2*-1;;;;. The van der Waals surface area contributed by atoms with Crippen LogP contribution in [0.2, 0.25) is 0 Å². The molecule has 0 saturated carbocycles. The summed E-state index contributed by atoms with van der Waals surface area (Å²) >= 11 is 1.08. The van der Waals surface area contributed by atoms with E-state index in [0.29, 0.717) is 0 Å². The predicted molar refractivity (Wildman–Crippen MR) is 96.4 cm³/mol. The van der Waals surface area contributed by atoms with Crippen LogP contribution in [0, 0.1) is 12.4 Å². The van der Waals surface area contributed by atoms with Crippen molar-refractivity contribution in [1.29, 1.82) is 0 Å². The molecule has 0 aliphatic rings. The summed E-state index contributed by atoms with van der Waals surface area (Å²) in [5.74, 6) is 0. The van der Waals surface area contributed by atoms with E-state index in [-0.39, 0.29) is 37.2 Å². The number of rotatable bonds is 1. The normalized spacial score (nSPS) is 7.09. The molecule has 0 radical (unpaired) electrons. The fourth-order valence-corrected chi connectivity index (χ4v) is 1.53. The maximum absolute atomic E-state index is 4.08. The molecule has 0 atom stereocenters. The first-order valence-electron chi connectivity index (χ1n) is 5.88. The molecular weight excluding hydrogens is 522 g/mol.